The topological polar surface area (TPSA) is 109 Å². The standard InChI is InChI=1S/C22H44NO2.C2F6NO4S2/c1-6-9-12-13-18-23(16-10-7-2,17-11-8-3)19-14-15-20-25-22(24)21(4)5;3-1(4,5)14(10,11)9-15(12,13)2(6,7)8/h4,6-20H2,1-3,5H3;/q+1;-1. The second-order valence-corrected chi connectivity index (χ2v) is 13.0. The first kappa shape index (κ1) is 40.7. The molecule has 0 spiro atoms. The van der Waals surface area contributed by atoms with E-state index in [0.29, 0.717) is 12.2 Å². The SMILES string of the molecule is C=C(C)C(=O)OCCCC[N+](CCCC)(CCCC)CCCCCC.O=S(=O)([N-]S(=O)(=O)C(F)(F)F)C(F)(F)F. The molecule has 0 aliphatic rings. The first-order chi connectivity index (χ1) is 18.2. The largest absolute Gasteiger partial charge is 0.480 e. The number of alkyl halides is 6. The van der Waals surface area contributed by atoms with Crippen LogP contribution in [-0.4, -0.2) is 71.1 Å². The summed E-state index contributed by atoms with van der Waals surface area (Å²) in [6, 6.07) is 0. The number of quaternary nitrogens is 1. The minimum absolute atomic E-state index is 0.253. The van der Waals surface area contributed by atoms with Crippen LogP contribution in [0.15, 0.2) is 12.2 Å². The van der Waals surface area contributed by atoms with Crippen molar-refractivity contribution >= 4 is 26.0 Å². The monoisotopic (exact) mass is 634 g/mol. The van der Waals surface area contributed by atoms with Crippen molar-refractivity contribution in [3.8, 4) is 0 Å². The van der Waals surface area contributed by atoms with E-state index in [1.807, 2.05) is 0 Å². The molecule has 40 heavy (non-hydrogen) atoms. The highest BCUT2D eigenvalue weighted by molar-refractivity contribution is 8.13. The normalized spacial score (nSPS) is 12.9. The first-order valence-corrected chi connectivity index (χ1v) is 16.1. The highest BCUT2D eigenvalue weighted by Gasteiger charge is 2.46. The third kappa shape index (κ3) is 16.8. The highest BCUT2D eigenvalue weighted by Crippen LogP contribution is 2.36. The highest BCUT2D eigenvalue weighted by atomic mass is 32.3. The smallest absolute Gasteiger partial charge is 0.462 e. The van der Waals surface area contributed by atoms with Gasteiger partial charge in [-0.3, -0.25) is 0 Å². The molecule has 0 N–H and O–H groups in total. The fraction of sp³-hybridized carbons (Fsp3) is 0.875. The maximum absolute atomic E-state index is 11.5. The Morgan fingerprint density at radius 1 is 0.700 bits per heavy atom. The second kappa shape index (κ2) is 18.9. The fourth-order valence-corrected chi connectivity index (χ4v) is 5.29. The molecule has 0 aliphatic heterocycles. The van der Waals surface area contributed by atoms with E-state index in [-0.39, 0.29) is 5.97 Å². The second-order valence-electron chi connectivity index (χ2n) is 9.54. The van der Waals surface area contributed by atoms with Crippen LogP contribution >= 0.6 is 0 Å². The maximum atomic E-state index is 11.5. The molecular weight excluding hydrogens is 590 g/mol. The van der Waals surface area contributed by atoms with Crippen LogP contribution in [0.2, 0.25) is 0 Å². The zero-order valence-corrected chi connectivity index (χ0v) is 25.4. The molecule has 0 aromatic heterocycles. The lowest BCUT2D eigenvalue weighted by Crippen LogP contribution is -2.50. The lowest BCUT2D eigenvalue weighted by Gasteiger charge is -2.39. The van der Waals surface area contributed by atoms with Crippen LogP contribution in [0.3, 0.4) is 0 Å². The Morgan fingerprint density at radius 3 is 1.43 bits per heavy atom. The van der Waals surface area contributed by atoms with Crippen molar-refractivity contribution in [2.24, 2.45) is 0 Å². The van der Waals surface area contributed by atoms with E-state index in [1.165, 1.54) is 82.0 Å². The Hall–Kier alpha value is -1.39. The lowest BCUT2D eigenvalue weighted by molar-refractivity contribution is -0.929. The minimum atomic E-state index is -6.72. The molecule has 16 heteroatoms. The first-order valence-electron chi connectivity index (χ1n) is 13.3. The van der Waals surface area contributed by atoms with Gasteiger partial charge in [-0.25, -0.2) is 21.6 Å². The Kier molecular flexibility index (Phi) is 19.3. The molecule has 0 heterocycles. The molecule has 0 rings (SSSR count). The number of carbonyl (C=O) groups is 1. The number of sulfonamides is 2. The fourth-order valence-electron chi connectivity index (χ4n) is 3.58. The number of nitrogens with zero attached hydrogens (tertiary/aromatic N) is 2. The van der Waals surface area contributed by atoms with E-state index >= 15 is 0 Å². The van der Waals surface area contributed by atoms with E-state index in [4.69, 9.17) is 4.74 Å². The summed E-state index contributed by atoms with van der Waals surface area (Å²) in [6.07, 6.45) is 12.7. The number of rotatable bonds is 19. The van der Waals surface area contributed by atoms with Gasteiger partial charge in [-0.05, 0) is 45.4 Å². The molecule has 0 aromatic carbocycles. The Morgan fingerprint density at radius 2 is 1.07 bits per heavy atom. The number of hydrogen-bond acceptors (Lipinski definition) is 6. The number of hydrogen-bond donors (Lipinski definition) is 0. The van der Waals surface area contributed by atoms with Gasteiger partial charge in [0.05, 0.1) is 32.8 Å². The summed E-state index contributed by atoms with van der Waals surface area (Å²) in [5.74, 6) is -0.253. The number of esters is 1. The summed E-state index contributed by atoms with van der Waals surface area (Å²) >= 11 is 0. The van der Waals surface area contributed by atoms with Crippen LogP contribution in [0.25, 0.3) is 4.13 Å². The third-order valence-corrected chi connectivity index (χ3v) is 8.59. The van der Waals surface area contributed by atoms with Gasteiger partial charge in [-0.1, -0.05) is 53.0 Å². The third-order valence-electron chi connectivity index (χ3n) is 5.85. The average molecular weight is 635 g/mol. The minimum Gasteiger partial charge on any atom is -0.462 e. The zero-order valence-electron chi connectivity index (χ0n) is 23.7. The van der Waals surface area contributed by atoms with Crippen molar-refractivity contribution < 1.29 is 57.2 Å². The van der Waals surface area contributed by atoms with Gasteiger partial charge in [-0.15, -0.1) is 0 Å². The van der Waals surface area contributed by atoms with Crippen LogP contribution in [0.5, 0.6) is 0 Å². The quantitative estimate of drug-likeness (QED) is 0.0501. The summed E-state index contributed by atoms with van der Waals surface area (Å²) in [5.41, 5.74) is -11.9. The average Bonchev–Trinajstić information content (AvgIpc) is 2.81. The van der Waals surface area contributed by atoms with E-state index in [9.17, 15) is 48.0 Å². The number of carbonyl (C=O) groups excluding carboxylic acids is 1. The van der Waals surface area contributed by atoms with Crippen LogP contribution in [0.4, 0.5) is 26.3 Å². The van der Waals surface area contributed by atoms with Gasteiger partial charge in [0.1, 0.15) is 0 Å². The van der Waals surface area contributed by atoms with Gasteiger partial charge in [0.15, 0.2) is 20.0 Å². The summed E-state index contributed by atoms with van der Waals surface area (Å²) in [6.45, 7) is 17.9. The van der Waals surface area contributed by atoms with Crippen molar-refractivity contribution in [2.45, 2.75) is 103 Å². The van der Waals surface area contributed by atoms with Gasteiger partial charge in [0.25, 0.3) is 0 Å². The van der Waals surface area contributed by atoms with Gasteiger partial charge in [-0.2, -0.15) is 26.3 Å². The predicted molar refractivity (Wildman–Crippen MR) is 142 cm³/mol. The van der Waals surface area contributed by atoms with Crippen molar-refractivity contribution in [1.82, 2.24) is 0 Å². The summed E-state index contributed by atoms with van der Waals surface area (Å²) in [5, 5.41) is 0. The van der Waals surface area contributed by atoms with Gasteiger partial charge in [0, 0.05) is 5.57 Å². The van der Waals surface area contributed by atoms with Gasteiger partial charge >= 0.3 is 17.0 Å². The van der Waals surface area contributed by atoms with Crippen molar-refractivity contribution in [1.29, 1.82) is 0 Å². The molecule has 8 nitrogen and oxygen atoms in total. The molecule has 0 aliphatic carbocycles. The summed E-state index contributed by atoms with van der Waals surface area (Å²) < 4.78 is 116. The molecule has 0 atom stereocenters. The molecule has 0 aromatic rings. The molecule has 0 saturated heterocycles. The number of unbranched alkanes of at least 4 members (excludes halogenated alkanes) is 6. The number of ether oxygens (including phenoxy) is 1. The Bertz CT molecular complexity index is 902. The van der Waals surface area contributed by atoms with Crippen molar-refractivity contribution in [3.05, 3.63) is 16.3 Å². The summed E-state index contributed by atoms with van der Waals surface area (Å²) in [7, 11) is -13.4. The van der Waals surface area contributed by atoms with Crippen LogP contribution < -0.4 is 0 Å². The van der Waals surface area contributed by atoms with Crippen LogP contribution in [0, 0.1) is 0 Å². The molecule has 0 radical (unpaired) electrons. The van der Waals surface area contributed by atoms with Crippen molar-refractivity contribution in [3.63, 3.8) is 0 Å². The molecule has 0 amide bonds. The molecule has 0 saturated carbocycles. The van der Waals surface area contributed by atoms with E-state index in [2.05, 4.69) is 27.4 Å². The Balaban J connectivity index is 0. The van der Waals surface area contributed by atoms with Gasteiger partial charge in [0.2, 0.25) is 0 Å². The maximum Gasteiger partial charge on any atom is 0.480 e. The summed E-state index contributed by atoms with van der Waals surface area (Å²) in [4.78, 5) is 11.5. The van der Waals surface area contributed by atoms with Crippen LogP contribution in [0.1, 0.15) is 91.9 Å². The predicted octanol–water partition coefficient (Wildman–Crippen LogP) is 6.94. The van der Waals surface area contributed by atoms with E-state index in [1.54, 1.807) is 6.92 Å². The Labute approximate surface area is 235 Å². The van der Waals surface area contributed by atoms with E-state index in [0.717, 1.165) is 17.0 Å². The number of halogens is 6. The van der Waals surface area contributed by atoms with Crippen molar-refractivity contribution in [2.75, 3.05) is 32.8 Å². The lowest BCUT2D eigenvalue weighted by atomic mass is 10.1. The zero-order chi connectivity index (χ0) is 31.7. The molecule has 0 fully saturated rings. The molecular formula is C24H44F6N2O6S2. The van der Waals surface area contributed by atoms with E-state index < -0.39 is 31.1 Å². The van der Waals surface area contributed by atoms with Gasteiger partial charge < -0.3 is 13.3 Å². The molecule has 0 bridgehead atoms. The van der Waals surface area contributed by atoms with Crippen LogP contribution in [-0.2, 0) is 29.6 Å². The molecule has 240 valence electrons. The molecule has 0 unspecified atom stereocenters.